The van der Waals surface area contributed by atoms with Gasteiger partial charge in [-0.1, -0.05) is 129 Å². The standard InChI is InChI=1S/C35H66O10/c1-3-5-7-9-11-13-14-15-16-18-19-21-23-30(37)42-26-28(44-31(38)24-22-20-17-12-10-8-6-4-2)27-43-35-34(41)33(40)32(39)29(25-36)45-35/h28-29,32-36,39-41H,3-27H2,1-2H3/t28-,29-,32+,33+,34-,35-/m1/s1. The second-order valence-electron chi connectivity index (χ2n) is 12.7. The molecular weight excluding hydrogens is 580 g/mol. The van der Waals surface area contributed by atoms with Gasteiger partial charge in [0.15, 0.2) is 12.4 Å². The van der Waals surface area contributed by atoms with E-state index in [9.17, 15) is 30.0 Å². The van der Waals surface area contributed by atoms with Crippen LogP contribution in [-0.4, -0.2) is 89.0 Å². The SMILES string of the molecule is CCCCCCCCCCCCCCC(=O)OC[C@H](CO[C@@H]1O[C@H](CO)[C@H](O)[C@H](O)[C@H]1O)OC(=O)CCCCCCCCCC. The number of aliphatic hydroxyl groups excluding tert-OH is 4. The van der Waals surface area contributed by atoms with Crippen molar-refractivity contribution in [2.45, 2.75) is 192 Å². The maximum absolute atomic E-state index is 12.6. The Kier molecular flexibility index (Phi) is 25.8. The fourth-order valence-corrected chi connectivity index (χ4v) is 5.54. The first-order valence-electron chi connectivity index (χ1n) is 18.1. The largest absolute Gasteiger partial charge is 0.462 e. The second kappa shape index (κ2) is 27.8. The van der Waals surface area contributed by atoms with Gasteiger partial charge in [-0.25, -0.2) is 0 Å². The molecule has 0 aromatic rings. The van der Waals surface area contributed by atoms with Gasteiger partial charge < -0.3 is 39.4 Å². The van der Waals surface area contributed by atoms with E-state index in [-0.39, 0.29) is 32.0 Å². The molecule has 45 heavy (non-hydrogen) atoms. The summed E-state index contributed by atoms with van der Waals surface area (Å²) in [5, 5.41) is 39.7. The first-order chi connectivity index (χ1) is 21.8. The van der Waals surface area contributed by atoms with Gasteiger partial charge in [0.25, 0.3) is 0 Å². The normalized spacial score (nSPS) is 22.3. The van der Waals surface area contributed by atoms with Crippen LogP contribution in [0.3, 0.4) is 0 Å². The van der Waals surface area contributed by atoms with E-state index in [0.29, 0.717) is 6.42 Å². The molecule has 1 aliphatic rings. The zero-order chi connectivity index (χ0) is 33.1. The molecule has 1 heterocycles. The lowest BCUT2D eigenvalue weighted by Crippen LogP contribution is -2.59. The maximum atomic E-state index is 12.6. The van der Waals surface area contributed by atoms with Crippen LogP contribution in [-0.2, 0) is 28.5 Å². The van der Waals surface area contributed by atoms with E-state index in [1.807, 2.05) is 0 Å². The van der Waals surface area contributed by atoms with Crippen molar-refractivity contribution in [1.82, 2.24) is 0 Å². The number of carbonyl (C=O) groups is 2. The minimum Gasteiger partial charge on any atom is -0.462 e. The van der Waals surface area contributed by atoms with Crippen LogP contribution in [0.5, 0.6) is 0 Å². The lowest BCUT2D eigenvalue weighted by Gasteiger charge is -2.39. The molecule has 0 unspecified atom stereocenters. The highest BCUT2D eigenvalue weighted by molar-refractivity contribution is 5.70. The van der Waals surface area contributed by atoms with Gasteiger partial charge in [-0.05, 0) is 12.8 Å². The molecule has 0 amide bonds. The number of hydrogen-bond acceptors (Lipinski definition) is 10. The van der Waals surface area contributed by atoms with Crippen LogP contribution in [0.4, 0.5) is 0 Å². The number of esters is 2. The summed E-state index contributed by atoms with van der Waals surface area (Å²) < 4.78 is 21.9. The molecule has 1 saturated heterocycles. The smallest absolute Gasteiger partial charge is 0.306 e. The summed E-state index contributed by atoms with van der Waals surface area (Å²) in [6.45, 7) is 3.36. The van der Waals surface area contributed by atoms with Crippen LogP contribution in [0.1, 0.15) is 155 Å². The zero-order valence-electron chi connectivity index (χ0n) is 28.4. The van der Waals surface area contributed by atoms with Gasteiger partial charge in [0.1, 0.15) is 31.0 Å². The molecule has 0 aliphatic carbocycles. The van der Waals surface area contributed by atoms with Gasteiger partial charge in [0.2, 0.25) is 0 Å². The fourth-order valence-electron chi connectivity index (χ4n) is 5.54. The molecule has 0 bridgehead atoms. The zero-order valence-corrected chi connectivity index (χ0v) is 28.4. The van der Waals surface area contributed by atoms with Gasteiger partial charge in [0, 0.05) is 12.8 Å². The molecule has 0 radical (unpaired) electrons. The Bertz CT molecular complexity index is 719. The molecule has 0 aromatic carbocycles. The van der Waals surface area contributed by atoms with Gasteiger partial charge in [0.05, 0.1) is 13.2 Å². The van der Waals surface area contributed by atoms with Crippen molar-refractivity contribution in [1.29, 1.82) is 0 Å². The molecule has 0 aromatic heterocycles. The quantitative estimate of drug-likeness (QED) is 0.0573. The Morgan fingerprint density at radius 1 is 0.600 bits per heavy atom. The summed E-state index contributed by atoms with van der Waals surface area (Å²) in [6, 6.07) is 0. The van der Waals surface area contributed by atoms with Crippen LogP contribution < -0.4 is 0 Å². The molecule has 266 valence electrons. The van der Waals surface area contributed by atoms with Crippen molar-refractivity contribution < 1.29 is 49.0 Å². The first kappa shape index (κ1) is 41.7. The van der Waals surface area contributed by atoms with Gasteiger partial charge >= 0.3 is 11.9 Å². The van der Waals surface area contributed by atoms with Crippen LogP contribution in [0.2, 0.25) is 0 Å². The molecule has 0 spiro atoms. The molecular formula is C35H66O10. The van der Waals surface area contributed by atoms with Crippen LogP contribution in [0.25, 0.3) is 0 Å². The van der Waals surface area contributed by atoms with Crippen molar-refractivity contribution in [2.24, 2.45) is 0 Å². The maximum Gasteiger partial charge on any atom is 0.306 e. The topological polar surface area (TPSA) is 152 Å². The summed E-state index contributed by atoms with van der Waals surface area (Å²) in [6.07, 6.45) is 15.6. The fraction of sp³-hybridized carbons (Fsp3) is 0.943. The highest BCUT2D eigenvalue weighted by Crippen LogP contribution is 2.22. The minimum absolute atomic E-state index is 0.211. The van der Waals surface area contributed by atoms with Crippen molar-refractivity contribution in [3.8, 4) is 0 Å². The summed E-state index contributed by atoms with van der Waals surface area (Å²) in [5.74, 6) is -0.806. The number of rotatable bonds is 29. The Morgan fingerprint density at radius 3 is 1.51 bits per heavy atom. The average Bonchev–Trinajstić information content (AvgIpc) is 3.03. The van der Waals surface area contributed by atoms with Crippen molar-refractivity contribution in [3.05, 3.63) is 0 Å². The van der Waals surface area contributed by atoms with Crippen molar-refractivity contribution in [3.63, 3.8) is 0 Å². The first-order valence-corrected chi connectivity index (χ1v) is 18.1. The summed E-state index contributed by atoms with van der Waals surface area (Å²) >= 11 is 0. The number of hydrogen-bond donors (Lipinski definition) is 4. The third kappa shape index (κ3) is 20.5. The third-order valence-electron chi connectivity index (χ3n) is 8.49. The van der Waals surface area contributed by atoms with Crippen LogP contribution in [0, 0.1) is 0 Å². The number of unbranched alkanes of at least 4 members (excludes halogenated alkanes) is 18. The highest BCUT2D eigenvalue weighted by Gasteiger charge is 2.44. The van der Waals surface area contributed by atoms with E-state index in [1.54, 1.807) is 0 Å². The predicted octanol–water partition coefficient (Wildman–Crippen LogP) is 5.88. The second-order valence-corrected chi connectivity index (χ2v) is 12.7. The Morgan fingerprint density at radius 2 is 1.04 bits per heavy atom. The van der Waals surface area contributed by atoms with Gasteiger partial charge in [-0.2, -0.15) is 0 Å². The molecule has 1 aliphatic heterocycles. The van der Waals surface area contributed by atoms with Gasteiger partial charge in [-0.15, -0.1) is 0 Å². The lowest BCUT2D eigenvalue weighted by atomic mass is 9.99. The highest BCUT2D eigenvalue weighted by atomic mass is 16.7. The molecule has 4 N–H and O–H groups in total. The Hall–Kier alpha value is -1.30. The summed E-state index contributed by atoms with van der Waals surface area (Å²) in [5.41, 5.74) is 0. The number of ether oxygens (including phenoxy) is 4. The lowest BCUT2D eigenvalue weighted by molar-refractivity contribution is -0.305. The molecule has 6 atom stereocenters. The van der Waals surface area contributed by atoms with Crippen molar-refractivity contribution >= 4 is 11.9 Å². The van der Waals surface area contributed by atoms with E-state index in [0.717, 1.165) is 38.5 Å². The molecule has 1 fully saturated rings. The number of carbonyl (C=O) groups excluding carboxylic acids is 2. The Labute approximate surface area is 272 Å². The van der Waals surface area contributed by atoms with E-state index >= 15 is 0 Å². The van der Waals surface area contributed by atoms with Crippen molar-refractivity contribution in [2.75, 3.05) is 19.8 Å². The molecule has 1 rings (SSSR count). The van der Waals surface area contributed by atoms with Crippen LogP contribution >= 0.6 is 0 Å². The minimum atomic E-state index is -1.59. The summed E-state index contributed by atoms with van der Waals surface area (Å²) in [4.78, 5) is 25.0. The van der Waals surface area contributed by atoms with E-state index in [2.05, 4.69) is 13.8 Å². The van der Waals surface area contributed by atoms with E-state index in [4.69, 9.17) is 18.9 Å². The molecule has 10 heteroatoms. The molecule has 0 saturated carbocycles. The monoisotopic (exact) mass is 646 g/mol. The number of aliphatic hydroxyl groups is 4. The van der Waals surface area contributed by atoms with Gasteiger partial charge in [-0.3, -0.25) is 9.59 Å². The Balaban J connectivity index is 2.41. The predicted molar refractivity (Wildman–Crippen MR) is 173 cm³/mol. The van der Waals surface area contributed by atoms with Crippen LogP contribution in [0.15, 0.2) is 0 Å². The molecule has 10 nitrogen and oxygen atoms in total. The third-order valence-corrected chi connectivity index (χ3v) is 8.49. The van der Waals surface area contributed by atoms with E-state index in [1.165, 1.54) is 83.5 Å². The summed E-state index contributed by atoms with van der Waals surface area (Å²) in [7, 11) is 0. The van der Waals surface area contributed by atoms with E-state index < -0.39 is 49.4 Å². The average molecular weight is 647 g/mol.